The summed E-state index contributed by atoms with van der Waals surface area (Å²) in [7, 11) is 0. The van der Waals surface area contributed by atoms with E-state index in [1.54, 1.807) is 4.90 Å². The fourth-order valence-electron chi connectivity index (χ4n) is 4.69. The molecule has 3 aliphatic rings. The molecule has 0 saturated carbocycles. The molecular formula is C22H30N4O3. The van der Waals surface area contributed by atoms with E-state index in [1.165, 1.54) is 25.7 Å². The van der Waals surface area contributed by atoms with Gasteiger partial charge < -0.3 is 15.5 Å². The molecule has 156 valence electrons. The van der Waals surface area contributed by atoms with Crippen LogP contribution in [-0.2, 0) is 22.7 Å². The number of imide groups is 1. The van der Waals surface area contributed by atoms with Crippen molar-refractivity contribution in [1.29, 1.82) is 0 Å². The number of amides is 3. The number of hydrogen-bond donors (Lipinski definition) is 3. The van der Waals surface area contributed by atoms with Crippen LogP contribution in [-0.4, -0.2) is 48.3 Å². The molecule has 7 heteroatoms. The Morgan fingerprint density at radius 2 is 1.97 bits per heavy atom. The fraction of sp³-hybridized carbons (Fsp3) is 0.591. The van der Waals surface area contributed by atoms with Gasteiger partial charge in [-0.05, 0) is 68.4 Å². The Hall–Kier alpha value is -2.25. The highest BCUT2D eigenvalue weighted by atomic mass is 16.2. The highest BCUT2D eigenvalue weighted by Gasteiger charge is 2.39. The van der Waals surface area contributed by atoms with Crippen LogP contribution in [0.5, 0.6) is 0 Å². The molecule has 0 aliphatic carbocycles. The standard InChI is InChI=1S/C22H30N4O3/c27-20-8-7-19(21(28)25-20)26-14-18-16(5-3-6-17(18)22(26)29)13-24-12-15-4-1-2-10-23-11-9-15/h3,5-6,15,19,23-24H,1-2,4,7-14H2,(H,25,27,28). The van der Waals surface area contributed by atoms with Crippen LogP contribution in [0.4, 0.5) is 0 Å². The van der Waals surface area contributed by atoms with Crippen molar-refractivity contribution >= 4 is 17.7 Å². The van der Waals surface area contributed by atoms with Crippen molar-refractivity contribution in [3.8, 4) is 0 Å². The molecule has 2 fully saturated rings. The van der Waals surface area contributed by atoms with Crippen LogP contribution in [0.25, 0.3) is 0 Å². The monoisotopic (exact) mass is 398 g/mol. The predicted molar refractivity (Wildman–Crippen MR) is 109 cm³/mol. The number of piperidine rings is 1. The first-order valence-corrected chi connectivity index (χ1v) is 10.8. The second kappa shape index (κ2) is 9.05. The Balaban J connectivity index is 1.39. The topological polar surface area (TPSA) is 90.5 Å². The molecule has 3 aliphatic heterocycles. The highest BCUT2D eigenvalue weighted by Crippen LogP contribution is 2.29. The largest absolute Gasteiger partial charge is 0.322 e. The summed E-state index contributed by atoms with van der Waals surface area (Å²) >= 11 is 0. The van der Waals surface area contributed by atoms with Crippen LogP contribution < -0.4 is 16.0 Å². The maximum atomic E-state index is 12.9. The molecular weight excluding hydrogens is 368 g/mol. The zero-order valence-electron chi connectivity index (χ0n) is 16.8. The van der Waals surface area contributed by atoms with Gasteiger partial charge in [-0.25, -0.2) is 0 Å². The number of nitrogens with zero attached hydrogens (tertiary/aromatic N) is 1. The Bertz CT molecular complexity index is 786. The third-order valence-corrected chi connectivity index (χ3v) is 6.37. The molecule has 1 aromatic rings. The van der Waals surface area contributed by atoms with E-state index in [0.717, 1.165) is 37.3 Å². The van der Waals surface area contributed by atoms with Crippen molar-refractivity contribution in [2.24, 2.45) is 5.92 Å². The van der Waals surface area contributed by atoms with Gasteiger partial charge in [-0.1, -0.05) is 18.6 Å². The molecule has 4 rings (SSSR count). The summed E-state index contributed by atoms with van der Waals surface area (Å²) in [5.74, 6) is -0.0479. The number of nitrogens with one attached hydrogen (secondary N) is 3. The van der Waals surface area contributed by atoms with Gasteiger partial charge in [0.2, 0.25) is 11.8 Å². The first-order chi connectivity index (χ1) is 14.1. The van der Waals surface area contributed by atoms with E-state index in [4.69, 9.17) is 0 Å². The molecule has 0 aromatic heterocycles. The lowest BCUT2D eigenvalue weighted by atomic mass is 9.96. The molecule has 0 radical (unpaired) electrons. The minimum Gasteiger partial charge on any atom is -0.322 e. The number of carbonyl (C=O) groups is 3. The van der Waals surface area contributed by atoms with Crippen LogP contribution in [0.15, 0.2) is 18.2 Å². The minimum atomic E-state index is -0.559. The quantitative estimate of drug-likeness (QED) is 0.651. The second-order valence-corrected chi connectivity index (χ2v) is 8.37. The molecule has 1 aromatic carbocycles. The molecule has 2 unspecified atom stereocenters. The van der Waals surface area contributed by atoms with Gasteiger partial charge in [0.05, 0.1) is 0 Å². The predicted octanol–water partition coefficient (Wildman–Crippen LogP) is 1.32. The van der Waals surface area contributed by atoms with E-state index in [9.17, 15) is 14.4 Å². The third-order valence-electron chi connectivity index (χ3n) is 6.37. The van der Waals surface area contributed by atoms with E-state index < -0.39 is 6.04 Å². The van der Waals surface area contributed by atoms with Gasteiger partial charge in [-0.15, -0.1) is 0 Å². The number of hydrogen-bond acceptors (Lipinski definition) is 5. The van der Waals surface area contributed by atoms with E-state index in [2.05, 4.69) is 22.0 Å². The molecule has 2 atom stereocenters. The number of carbonyl (C=O) groups excluding carboxylic acids is 3. The van der Waals surface area contributed by atoms with Crippen molar-refractivity contribution in [3.05, 3.63) is 34.9 Å². The van der Waals surface area contributed by atoms with Gasteiger partial charge in [-0.2, -0.15) is 0 Å². The normalized spacial score (nSPS) is 25.4. The number of fused-ring (bicyclic) bond motifs is 1. The van der Waals surface area contributed by atoms with Gasteiger partial charge in [0.15, 0.2) is 0 Å². The lowest BCUT2D eigenvalue weighted by molar-refractivity contribution is -0.136. The number of rotatable bonds is 5. The molecule has 29 heavy (non-hydrogen) atoms. The van der Waals surface area contributed by atoms with Gasteiger partial charge in [-0.3, -0.25) is 19.7 Å². The van der Waals surface area contributed by atoms with Crippen LogP contribution in [0.3, 0.4) is 0 Å². The molecule has 3 heterocycles. The van der Waals surface area contributed by atoms with Crippen LogP contribution in [0, 0.1) is 5.92 Å². The van der Waals surface area contributed by atoms with Crippen molar-refractivity contribution in [1.82, 2.24) is 20.9 Å². The summed E-state index contributed by atoms with van der Waals surface area (Å²) < 4.78 is 0. The second-order valence-electron chi connectivity index (χ2n) is 8.37. The number of benzene rings is 1. The average Bonchev–Trinajstić information content (AvgIpc) is 3.01. The lowest BCUT2D eigenvalue weighted by Crippen LogP contribution is -2.52. The average molecular weight is 399 g/mol. The minimum absolute atomic E-state index is 0.109. The maximum absolute atomic E-state index is 12.9. The Morgan fingerprint density at radius 3 is 2.83 bits per heavy atom. The first kappa shape index (κ1) is 20.0. The highest BCUT2D eigenvalue weighted by molar-refractivity contribution is 6.05. The van der Waals surface area contributed by atoms with Crippen LogP contribution in [0.1, 0.15) is 60.0 Å². The van der Waals surface area contributed by atoms with Crippen LogP contribution in [0.2, 0.25) is 0 Å². The summed E-state index contributed by atoms with van der Waals surface area (Å²) in [5.41, 5.74) is 2.81. The SMILES string of the molecule is O=C1CCC(N2Cc3c(CNCC4CCCCNCC4)cccc3C2=O)C(=O)N1. The summed E-state index contributed by atoms with van der Waals surface area (Å²) in [5, 5.41) is 9.43. The molecule has 3 N–H and O–H groups in total. The van der Waals surface area contributed by atoms with Gasteiger partial charge in [0.1, 0.15) is 6.04 Å². The Morgan fingerprint density at radius 1 is 1.07 bits per heavy atom. The zero-order valence-corrected chi connectivity index (χ0v) is 16.8. The Kier molecular flexibility index (Phi) is 6.25. The molecule has 3 amide bonds. The summed E-state index contributed by atoms with van der Waals surface area (Å²) in [4.78, 5) is 38.2. The Labute approximate surface area is 171 Å². The molecule has 0 bridgehead atoms. The zero-order chi connectivity index (χ0) is 20.2. The van der Waals surface area contributed by atoms with Crippen molar-refractivity contribution < 1.29 is 14.4 Å². The molecule has 2 saturated heterocycles. The van der Waals surface area contributed by atoms with Gasteiger partial charge in [0.25, 0.3) is 5.91 Å². The van der Waals surface area contributed by atoms with E-state index in [-0.39, 0.29) is 24.1 Å². The fourth-order valence-corrected chi connectivity index (χ4v) is 4.69. The molecule has 7 nitrogen and oxygen atoms in total. The van der Waals surface area contributed by atoms with Crippen molar-refractivity contribution in [2.75, 3.05) is 19.6 Å². The third kappa shape index (κ3) is 4.51. The smallest absolute Gasteiger partial charge is 0.255 e. The van der Waals surface area contributed by atoms with Crippen LogP contribution >= 0.6 is 0 Å². The summed E-state index contributed by atoms with van der Waals surface area (Å²) in [6, 6.07) is 5.26. The summed E-state index contributed by atoms with van der Waals surface area (Å²) in [6.07, 6.45) is 5.66. The lowest BCUT2D eigenvalue weighted by Gasteiger charge is -2.29. The van der Waals surface area contributed by atoms with E-state index in [1.807, 2.05) is 12.1 Å². The maximum Gasteiger partial charge on any atom is 0.255 e. The van der Waals surface area contributed by atoms with Gasteiger partial charge >= 0.3 is 0 Å². The van der Waals surface area contributed by atoms with E-state index >= 15 is 0 Å². The summed E-state index contributed by atoms with van der Waals surface area (Å²) in [6.45, 7) is 4.36. The first-order valence-electron chi connectivity index (χ1n) is 10.8. The van der Waals surface area contributed by atoms with Crippen molar-refractivity contribution in [2.45, 2.75) is 57.7 Å². The van der Waals surface area contributed by atoms with Crippen molar-refractivity contribution in [3.63, 3.8) is 0 Å². The molecule has 0 spiro atoms. The van der Waals surface area contributed by atoms with Gasteiger partial charge in [0, 0.05) is 25.1 Å². The van der Waals surface area contributed by atoms with E-state index in [0.29, 0.717) is 24.4 Å².